The number of ether oxygens (including phenoxy) is 1. The third-order valence-electron chi connectivity index (χ3n) is 2.95. The van der Waals surface area contributed by atoms with E-state index in [2.05, 4.69) is 15.9 Å². The Balaban J connectivity index is 2.00. The first-order chi connectivity index (χ1) is 9.17. The zero-order valence-electron chi connectivity index (χ0n) is 10.2. The lowest BCUT2D eigenvalue weighted by Gasteiger charge is -2.03. The van der Waals surface area contributed by atoms with E-state index in [1.54, 1.807) is 13.2 Å². The van der Waals surface area contributed by atoms with Gasteiger partial charge in [0.1, 0.15) is 28.9 Å². The molecule has 2 aromatic heterocycles. The van der Waals surface area contributed by atoms with Gasteiger partial charge in [0, 0.05) is 11.5 Å². The zero-order chi connectivity index (χ0) is 13.4. The van der Waals surface area contributed by atoms with Crippen LogP contribution in [0.5, 0.6) is 5.75 Å². The van der Waals surface area contributed by atoms with E-state index >= 15 is 0 Å². The highest BCUT2D eigenvalue weighted by molar-refractivity contribution is 9.10. The van der Waals surface area contributed by atoms with E-state index < -0.39 is 6.04 Å². The Bertz CT molecular complexity index is 716. The van der Waals surface area contributed by atoms with Gasteiger partial charge in [-0.1, -0.05) is 0 Å². The monoisotopic (exact) mass is 321 g/mol. The highest BCUT2D eigenvalue weighted by Crippen LogP contribution is 2.30. The predicted molar refractivity (Wildman–Crippen MR) is 75.2 cm³/mol. The minimum absolute atomic E-state index is 0.426. The smallest absolute Gasteiger partial charge is 0.169 e. The van der Waals surface area contributed by atoms with Crippen molar-refractivity contribution in [2.75, 3.05) is 7.11 Å². The van der Waals surface area contributed by atoms with Crippen LogP contribution in [0.2, 0.25) is 0 Å². The van der Waals surface area contributed by atoms with Gasteiger partial charge in [-0.25, -0.2) is 0 Å². The van der Waals surface area contributed by atoms with Crippen molar-refractivity contribution in [1.29, 1.82) is 0 Å². The summed E-state index contributed by atoms with van der Waals surface area (Å²) in [6, 6.07) is 10.8. The number of rotatable bonds is 3. The van der Waals surface area contributed by atoms with Crippen LogP contribution in [0.3, 0.4) is 0 Å². The molecular weight excluding hydrogens is 310 g/mol. The standard InChI is InChI=1S/C14H12BrNO3/c1-17-9-3-2-8-6-12(18-11(8)7-9)14(16)10-4-5-13(15)19-10/h2-7,14H,16H2,1H3. The molecule has 5 heteroatoms. The van der Waals surface area contributed by atoms with Crippen molar-refractivity contribution in [2.45, 2.75) is 6.04 Å². The van der Waals surface area contributed by atoms with Gasteiger partial charge in [0.05, 0.1) is 7.11 Å². The maximum absolute atomic E-state index is 6.12. The van der Waals surface area contributed by atoms with Gasteiger partial charge in [0.2, 0.25) is 0 Å². The van der Waals surface area contributed by atoms with Crippen LogP contribution >= 0.6 is 15.9 Å². The molecule has 0 spiro atoms. The minimum atomic E-state index is -0.426. The second-order valence-corrected chi connectivity index (χ2v) is 4.95. The summed E-state index contributed by atoms with van der Waals surface area (Å²) in [6.45, 7) is 0. The molecule has 0 amide bonds. The summed E-state index contributed by atoms with van der Waals surface area (Å²) in [5.41, 5.74) is 6.87. The second kappa shape index (κ2) is 4.75. The number of benzene rings is 1. The Labute approximate surface area is 118 Å². The number of halogens is 1. The molecule has 1 atom stereocenters. The van der Waals surface area contributed by atoms with Crippen LogP contribution in [0.25, 0.3) is 11.0 Å². The van der Waals surface area contributed by atoms with Crippen LogP contribution in [0.15, 0.2) is 49.9 Å². The van der Waals surface area contributed by atoms with Gasteiger partial charge in [-0.2, -0.15) is 0 Å². The van der Waals surface area contributed by atoms with Gasteiger partial charge in [0.15, 0.2) is 4.67 Å². The van der Waals surface area contributed by atoms with Crippen molar-refractivity contribution in [3.63, 3.8) is 0 Å². The van der Waals surface area contributed by atoms with Crippen molar-refractivity contribution in [1.82, 2.24) is 0 Å². The predicted octanol–water partition coefficient (Wildman–Crippen LogP) is 3.85. The van der Waals surface area contributed by atoms with Crippen molar-refractivity contribution in [3.8, 4) is 5.75 Å². The van der Waals surface area contributed by atoms with E-state index in [1.165, 1.54) is 0 Å². The molecule has 1 aromatic carbocycles. The Hall–Kier alpha value is -1.72. The van der Waals surface area contributed by atoms with Crippen molar-refractivity contribution in [3.05, 3.63) is 52.6 Å². The first-order valence-corrected chi connectivity index (χ1v) is 6.55. The molecule has 1 unspecified atom stereocenters. The molecule has 3 rings (SSSR count). The van der Waals surface area contributed by atoms with E-state index in [0.717, 1.165) is 16.7 Å². The molecule has 0 saturated heterocycles. The molecule has 0 aliphatic rings. The molecule has 2 heterocycles. The van der Waals surface area contributed by atoms with Gasteiger partial charge in [-0.15, -0.1) is 0 Å². The molecule has 2 N–H and O–H groups in total. The summed E-state index contributed by atoms with van der Waals surface area (Å²) in [6.07, 6.45) is 0. The normalized spacial score (nSPS) is 12.8. The molecule has 0 radical (unpaired) electrons. The molecule has 0 aliphatic heterocycles. The quantitative estimate of drug-likeness (QED) is 0.796. The summed E-state index contributed by atoms with van der Waals surface area (Å²) in [4.78, 5) is 0. The molecule has 4 nitrogen and oxygen atoms in total. The third kappa shape index (κ3) is 2.27. The average Bonchev–Trinajstić information content (AvgIpc) is 3.02. The molecule has 0 aliphatic carbocycles. The number of hydrogen-bond donors (Lipinski definition) is 1. The van der Waals surface area contributed by atoms with Gasteiger partial charge in [-0.05, 0) is 46.3 Å². The highest BCUT2D eigenvalue weighted by Gasteiger charge is 2.17. The van der Waals surface area contributed by atoms with Crippen LogP contribution in [0.1, 0.15) is 17.6 Å². The number of furan rings is 2. The molecule has 0 fully saturated rings. The Kier molecular flexibility index (Phi) is 3.08. The fourth-order valence-electron chi connectivity index (χ4n) is 1.95. The van der Waals surface area contributed by atoms with Crippen LogP contribution in [-0.4, -0.2) is 7.11 Å². The lowest BCUT2D eigenvalue weighted by atomic mass is 10.1. The summed E-state index contributed by atoms with van der Waals surface area (Å²) in [7, 11) is 1.62. The van der Waals surface area contributed by atoms with E-state index in [-0.39, 0.29) is 0 Å². The Morgan fingerprint density at radius 3 is 2.63 bits per heavy atom. The average molecular weight is 322 g/mol. The fourth-order valence-corrected chi connectivity index (χ4v) is 2.27. The van der Waals surface area contributed by atoms with E-state index in [1.807, 2.05) is 30.3 Å². The summed E-state index contributed by atoms with van der Waals surface area (Å²) >= 11 is 3.26. The largest absolute Gasteiger partial charge is 0.497 e. The lowest BCUT2D eigenvalue weighted by molar-refractivity contribution is 0.413. The SMILES string of the molecule is COc1ccc2cc(C(N)c3ccc(Br)o3)oc2c1. The lowest BCUT2D eigenvalue weighted by Crippen LogP contribution is -2.09. The van der Waals surface area contributed by atoms with E-state index in [0.29, 0.717) is 16.2 Å². The highest BCUT2D eigenvalue weighted by atomic mass is 79.9. The van der Waals surface area contributed by atoms with E-state index in [4.69, 9.17) is 19.3 Å². The number of hydrogen-bond acceptors (Lipinski definition) is 4. The first kappa shape index (κ1) is 12.3. The van der Waals surface area contributed by atoms with Crippen LogP contribution in [0.4, 0.5) is 0 Å². The fraction of sp³-hybridized carbons (Fsp3) is 0.143. The third-order valence-corrected chi connectivity index (χ3v) is 3.38. The Morgan fingerprint density at radius 2 is 1.95 bits per heavy atom. The van der Waals surface area contributed by atoms with Gasteiger partial charge >= 0.3 is 0 Å². The van der Waals surface area contributed by atoms with Crippen molar-refractivity contribution >= 4 is 26.9 Å². The van der Waals surface area contributed by atoms with Crippen LogP contribution < -0.4 is 10.5 Å². The van der Waals surface area contributed by atoms with Gasteiger partial charge in [0.25, 0.3) is 0 Å². The summed E-state index contributed by atoms with van der Waals surface area (Å²) < 4.78 is 17.0. The minimum Gasteiger partial charge on any atom is -0.497 e. The Morgan fingerprint density at radius 1 is 1.11 bits per heavy atom. The molecule has 0 saturated carbocycles. The maximum atomic E-state index is 6.12. The number of methoxy groups -OCH3 is 1. The maximum Gasteiger partial charge on any atom is 0.169 e. The molecule has 98 valence electrons. The first-order valence-electron chi connectivity index (χ1n) is 5.75. The topological polar surface area (TPSA) is 61.5 Å². The van der Waals surface area contributed by atoms with Crippen LogP contribution in [-0.2, 0) is 0 Å². The zero-order valence-corrected chi connectivity index (χ0v) is 11.8. The van der Waals surface area contributed by atoms with Crippen molar-refractivity contribution in [2.24, 2.45) is 5.73 Å². The summed E-state index contributed by atoms with van der Waals surface area (Å²) in [5, 5.41) is 0.983. The van der Waals surface area contributed by atoms with E-state index in [9.17, 15) is 0 Å². The van der Waals surface area contributed by atoms with Gasteiger partial charge in [-0.3, -0.25) is 0 Å². The molecule has 3 aromatic rings. The second-order valence-electron chi connectivity index (χ2n) is 4.17. The number of nitrogens with two attached hydrogens (primary N) is 1. The molecular formula is C14H12BrNO3. The number of fused-ring (bicyclic) bond motifs is 1. The molecule has 19 heavy (non-hydrogen) atoms. The van der Waals surface area contributed by atoms with Crippen molar-refractivity contribution < 1.29 is 13.6 Å². The van der Waals surface area contributed by atoms with Gasteiger partial charge < -0.3 is 19.3 Å². The molecule has 0 bridgehead atoms. The summed E-state index contributed by atoms with van der Waals surface area (Å²) in [5.74, 6) is 2.06. The van der Waals surface area contributed by atoms with Crippen LogP contribution in [0, 0.1) is 0 Å².